The molecule has 0 spiro atoms. The molecule has 19 N–H and O–H groups in total. The molecule has 0 aromatic heterocycles. The summed E-state index contributed by atoms with van der Waals surface area (Å²) in [5, 5.41) is 18.5. The van der Waals surface area contributed by atoms with Gasteiger partial charge in [0.1, 0.15) is 18.1 Å². The maximum atomic E-state index is 14.1. The first-order valence-corrected chi connectivity index (χ1v) is 26.3. The van der Waals surface area contributed by atoms with Crippen LogP contribution in [0.5, 0.6) is 0 Å². The Kier molecular flexibility index (Phi) is 26.8. The molecule has 0 saturated carbocycles. The second-order valence-electron chi connectivity index (χ2n) is 18.8. The Balaban J connectivity index is 1.55. The number of aldehydes is 4. The average molecular weight is 1120 g/mol. The van der Waals surface area contributed by atoms with Gasteiger partial charge in [0.25, 0.3) is 17.7 Å². The summed E-state index contributed by atoms with van der Waals surface area (Å²) in [6.07, 6.45) is 6.07. The van der Waals surface area contributed by atoms with Crippen LogP contribution < -0.4 is 71.6 Å². The predicted octanol–water partition coefficient (Wildman–Crippen LogP) is 2.03. The van der Waals surface area contributed by atoms with E-state index in [2.05, 4.69) is 37.2 Å². The fourth-order valence-electron chi connectivity index (χ4n) is 8.31. The Labute approximate surface area is 467 Å². The summed E-state index contributed by atoms with van der Waals surface area (Å²) in [6, 6.07) is 10.9. The highest BCUT2D eigenvalue weighted by atomic mass is 16.2. The van der Waals surface area contributed by atoms with Crippen LogP contribution >= 0.6 is 0 Å². The van der Waals surface area contributed by atoms with Crippen LogP contribution in [0.2, 0.25) is 0 Å². The number of primary amides is 1. The molecule has 0 saturated heterocycles. The summed E-state index contributed by atoms with van der Waals surface area (Å²) in [5.41, 5.74) is 33.4. The number of nitrogens with two attached hydrogens (primary N) is 6. The van der Waals surface area contributed by atoms with Crippen molar-refractivity contribution in [3.05, 3.63) is 117 Å². The van der Waals surface area contributed by atoms with Crippen molar-refractivity contribution >= 4 is 95.2 Å². The van der Waals surface area contributed by atoms with Crippen molar-refractivity contribution in [3.8, 4) is 0 Å². The summed E-state index contributed by atoms with van der Waals surface area (Å²) < 4.78 is 0. The van der Waals surface area contributed by atoms with Crippen LogP contribution in [0.3, 0.4) is 0 Å². The van der Waals surface area contributed by atoms with Gasteiger partial charge in [0.05, 0.1) is 28.3 Å². The molecule has 4 atom stereocenters. The van der Waals surface area contributed by atoms with Crippen molar-refractivity contribution in [1.82, 2.24) is 16.0 Å². The Hall–Kier alpha value is -8.88. The van der Waals surface area contributed by atoms with Gasteiger partial charge in [-0.3, -0.25) is 57.5 Å². The molecule has 4 aromatic carbocycles. The number of benzene rings is 4. The zero-order valence-corrected chi connectivity index (χ0v) is 44.7. The topological polar surface area (TPSA) is 445 Å². The van der Waals surface area contributed by atoms with Gasteiger partial charge in [0, 0.05) is 45.0 Å². The molecular formula is C56H71N13O12. The van der Waals surface area contributed by atoms with E-state index in [4.69, 9.17) is 34.4 Å². The van der Waals surface area contributed by atoms with E-state index in [1.54, 1.807) is 0 Å². The summed E-state index contributed by atoms with van der Waals surface area (Å²) >= 11 is 0. The molecule has 4 rings (SSSR count). The van der Waals surface area contributed by atoms with Crippen molar-refractivity contribution in [2.45, 2.75) is 101 Å². The highest BCUT2D eigenvalue weighted by Crippen LogP contribution is 2.22. The molecule has 81 heavy (non-hydrogen) atoms. The minimum absolute atomic E-state index is 0.00326. The van der Waals surface area contributed by atoms with Gasteiger partial charge in [-0.15, -0.1) is 0 Å². The predicted molar refractivity (Wildman–Crippen MR) is 304 cm³/mol. The third kappa shape index (κ3) is 19.8. The second kappa shape index (κ2) is 33.5. The number of nitrogens with one attached hydrogen (secondary N) is 7. The molecule has 8 amide bonds. The Bertz CT molecular complexity index is 2930. The molecule has 432 valence electrons. The highest BCUT2D eigenvalue weighted by molar-refractivity contribution is 6.10. The minimum atomic E-state index is -1.29. The van der Waals surface area contributed by atoms with E-state index in [9.17, 15) is 57.5 Å². The van der Waals surface area contributed by atoms with Gasteiger partial charge in [-0.1, -0.05) is 6.42 Å². The average Bonchev–Trinajstić information content (AvgIpc) is 3.46. The van der Waals surface area contributed by atoms with Crippen LogP contribution in [0.15, 0.2) is 72.8 Å². The van der Waals surface area contributed by atoms with Crippen molar-refractivity contribution in [1.29, 1.82) is 0 Å². The van der Waals surface area contributed by atoms with E-state index in [0.29, 0.717) is 89.5 Å². The molecule has 0 aliphatic heterocycles. The van der Waals surface area contributed by atoms with E-state index in [-0.39, 0.29) is 106 Å². The number of amides is 8. The molecule has 0 aliphatic carbocycles. The zero-order chi connectivity index (χ0) is 59.4. The molecule has 25 nitrogen and oxygen atoms in total. The number of rotatable bonds is 35. The van der Waals surface area contributed by atoms with Crippen LogP contribution in [-0.4, -0.2) is 123 Å². The number of carbonyl (C=O) groups excluding carboxylic acids is 12. The van der Waals surface area contributed by atoms with Gasteiger partial charge in [0.15, 0.2) is 25.1 Å². The van der Waals surface area contributed by atoms with Crippen LogP contribution in [0.1, 0.15) is 160 Å². The van der Waals surface area contributed by atoms with Crippen molar-refractivity contribution < 1.29 is 57.5 Å². The van der Waals surface area contributed by atoms with Gasteiger partial charge in [-0.2, -0.15) is 0 Å². The Morgan fingerprint density at radius 2 is 0.630 bits per heavy atom. The first-order chi connectivity index (χ1) is 38.9. The highest BCUT2D eigenvalue weighted by Gasteiger charge is 2.28. The standard InChI is InChI=1S/C56H71N13O12/c57-21-5-1-9-45(61)53(78)63-38-18-14-34(30-71)42(26-38)50(75)68-47(11-3-7-23-59)55(80)65-40-20-16-36(32-73)44(28-40)52(77)69-48(12-4-8-24-60)56(81)66-39-19-15-35(31-72)43(27-39)51(76)67-46(10-2-6-22-58)54(79)64-37-17-13-33(29-70)41(25-37)49(62)74/h13-20,25-32,45-48H,1-12,21-24,57-61H2,(H2,62,74)(H,63,78)(H,64,79)(H,65,80)(H,66,81)(H,67,76)(H,68,75)(H,69,77). The molecule has 0 aliphatic rings. The summed E-state index contributed by atoms with van der Waals surface area (Å²) in [7, 11) is 0. The van der Waals surface area contributed by atoms with Gasteiger partial charge in [-0.25, -0.2) is 0 Å². The third-order valence-corrected chi connectivity index (χ3v) is 12.8. The first kappa shape index (κ1) is 64.6. The molecule has 0 bridgehead atoms. The van der Waals surface area contributed by atoms with Gasteiger partial charge < -0.3 is 71.6 Å². The van der Waals surface area contributed by atoms with Crippen molar-refractivity contribution in [2.75, 3.05) is 47.4 Å². The quantitative estimate of drug-likeness (QED) is 0.0231. The van der Waals surface area contributed by atoms with E-state index in [1.165, 1.54) is 72.8 Å². The van der Waals surface area contributed by atoms with Crippen LogP contribution in [0.4, 0.5) is 22.7 Å². The van der Waals surface area contributed by atoms with E-state index >= 15 is 0 Å². The maximum Gasteiger partial charge on any atom is 0.252 e. The van der Waals surface area contributed by atoms with E-state index in [1.807, 2.05) is 0 Å². The third-order valence-electron chi connectivity index (χ3n) is 12.8. The Morgan fingerprint density at radius 1 is 0.370 bits per heavy atom. The lowest BCUT2D eigenvalue weighted by Gasteiger charge is -2.21. The summed E-state index contributed by atoms with van der Waals surface area (Å²) in [5.74, 6) is -6.27. The largest absolute Gasteiger partial charge is 0.366 e. The lowest BCUT2D eigenvalue weighted by molar-refractivity contribution is -0.118. The van der Waals surface area contributed by atoms with Gasteiger partial charge in [0.2, 0.25) is 29.5 Å². The van der Waals surface area contributed by atoms with E-state index < -0.39 is 71.4 Å². The van der Waals surface area contributed by atoms with Crippen LogP contribution in [0, 0.1) is 0 Å². The monoisotopic (exact) mass is 1120 g/mol. The van der Waals surface area contributed by atoms with Gasteiger partial charge in [-0.05, 0) is 170 Å². The van der Waals surface area contributed by atoms with E-state index in [0.717, 1.165) is 0 Å². The number of hydrogen-bond donors (Lipinski definition) is 13. The smallest absolute Gasteiger partial charge is 0.252 e. The molecule has 0 fully saturated rings. The molecule has 0 heterocycles. The lowest BCUT2D eigenvalue weighted by Crippen LogP contribution is -2.45. The fourth-order valence-corrected chi connectivity index (χ4v) is 8.31. The first-order valence-electron chi connectivity index (χ1n) is 26.3. The molecule has 0 radical (unpaired) electrons. The second-order valence-corrected chi connectivity index (χ2v) is 18.8. The van der Waals surface area contributed by atoms with Crippen molar-refractivity contribution in [3.63, 3.8) is 0 Å². The molecule has 25 heteroatoms. The van der Waals surface area contributed by atoms with Crippen molar-refractivity contribution in [2.24, 2.45) is 34.4 Å². The summed E-state index contributed by atoms with van der Waals surface area (Å²) in [4.78, 5) is 156. The van der Waals surface area contributed by atoms with Crippen LogP contribution in [-0.2, 0) is 19.2 Å². The maximum absolute atomic E-state index is 14.1. The zero-order valence-electron chi connectivity index (χ0n) is 44.7. The number of carbonyl (C=O) groups is 12. The molecule has 4 aromatic rings. The lowest BCUT2D eigenvalue weighted by atomic mass is 10.0. The minimum Gasteiger partial charge on any atom is -0.366 e. The number of unbranched alkanes of at least 4 members (excludes halogenated alkanes) is 4. The molecular weight excluding hydrogens is 1050 g/mol. The number of hydrogen-bond acceptors (Lipinski definition) is 17. The SMILES string of the molecule is NCCCCC(N)C(=O)Nc1ccc(C=O)c(C(=O)NC(CCCCN)C(=O)Nc2ccc(C=O)c(C(=O)NC(CCCCN)C(=O)Nc3ccc(C=O)c(C(=O)NC(CCCCN)C(=O)Nc4ccc(C=O)c(C(N)=O)c4)c3)c2)c1. The number of anilines is 4. The summed E-state index contributed by atoms with van der Waals surface area (Å²) in [6.45, 7) is 1.25. The fraction of sp³-hybridized carbons (Fsp3) is 0.357. The normalized spacial score (nSPS) is 12.3. The Morgan fingerprint density at radius 3 is 0.901 bits per heavy atom. The van der Waals surface area contributed by atoms with Gasteiger partial charge >= 0.3 is 0 Å². The van der Waals surface area contributed by atoms with Crippen LogP contribution in [0.25, 0.3) is 0 Å². The molecule has 4 unspecified atom stereocenters.